The second-order valence-electron chi connectivity index (χ2n) is 9.07. The van der Waals surface area contributed by atoms with Crippen molar-refractivity contribution in [2.45, 2.75) is 47.9 Å². The first-order valence-electron chi connectivity index (χ1n) is 11.1. The van der Waals surface area contributed by atoms with E-state index in [1.165, 1.54) is 29.3 Å². The molecule has 1 aliphatic carbocycles. The lowest BCUT2D eigenvalue weighted by Crippen LogP contribution is -2.48. The predicted molar refractivity (Wildman–Crippen MR) is 131 cm³/mol. The summed E-state index contributed by atoms with van der Waals surface area (Å²) >= 11 is 7.91. The third-order valence-corrected chi connectivity index (χ3v) is 8.89. The van der Waals surface area contributed by atoms with Gasteiger partial charge in [0.15, 0.2) is 0 Å². The van der Waals surface area contributed by atoms with E-state index in [0.29, 0.717) is 43.5 Å². The maximum atomic E-state index is 13.2. The molecule has 1 saturated carbocycles. The van der Waals surface area contributed by atoms with E-state index in [1.54, 1.807) is 24.9 Å². The maximum Gasteiger partial charge on any atom is 0.268 e. The molecule has 0 amide bonds. The Labute approximate surface area is 201 Å². The highest BCUT2D eigenvalue weighted by Gasteiger charge is 2.43. The van der Waals surface area contributed by atoms with Gasteiger partial charge in [-0.3, -0.25) is 9.36 Å². The van der Waals surface area contributed by atoms with Crippen LogP contribution in [0.5, 0.6) is 0 Å². The Morgan fingerprint density at radius 2 is 2.00 bits per heavy atom. The highest BCUT2D eigenvalue weighted by molar-refractivity contribution is 7.99. The van der Waals surface area contributed by atoms with Gasteiger partial charge in [-0.2, -0.15) is 4.68 Å². The Bertz CT molecular complexity index is 1330. The van der Waals surface area contributed by atoms with Gasteiger partial charge in [-0.15, -0.1) is 5.10 Å². The molecule has 2 fully saturated rings. The Kier molecular flexibility index (Phi) is 5.63. The van der Waals surface area contributed by atoms with Crippen LogP contribution >= 0.6 is 23.4 Å². The van der Waals surface area contributed by atoms with Gasteiger partial charge in [-0.25, -0.2) is 4.98 Å². The second kappa shape index (κ2) is 8.35. The quantitative estimate of drug-likeness (QED) is 0.564. The molecule has 5 rings (SSSR count). The van der Waals surface area contributed by atoms with E-state index in [1.807, 2.05) is 12.1 Å². The number of benzene rings is 1. The van der Waals surface area contributed by atoms with Crippen LogP contribution in [0.3, 0.4) is 0 Å². The van der Waals surface area contributed by atoms with Crippen molar-refractivity contribution in [3.63, 3.8) is 0 Å². The van der Waals surface area contributed by atoms with Crippen molar-refractivity contribution in [1.29, 1.82) is 0 Å². The van der Waals surface area contributed by atoms with E-state index < -0.39 is 0 Å². The number of fused-ring (bicyclic) bond motifs is 1. The van der Waals surface area contributed by atoms with Crippen molar-refractivity contribution < 1.29 is 0 Å². The van der Waals surface area contributed by atoms with Crippen LogP contribution in [0.1, 0.15) is 32.1 Å². The number of anilines is 1. The van der Waals surface area contributed by atoms with Crippen LogP contribution in [0.15, 0.2) is 32.9 Å². The number of hydrogen-bond donors (Lipinski definition) is 1. The molecule has 1 atom stereocenters. The second-order valence-corrected chi connectivity index (χ2v) is 10.5. The smallest absolute Gasteiger partial charge is 0.268 e. The van der Waals surface area contributed by atoms with Gasteiger partial charge in [0.2, 0.25) is 5.95 Å². The minimum absolute atomic E-state index is 0.115. The van der Waals surface area contributed by atoms with Crippen molar-refractivity contribution in [2.24, 2.45) is 25.2 Å². The average molecular weight is 484 g/mol. The summed E-state index contributed by atoms with van der Waals surface area (Å²) < 4.78 is 3.14. The summed E-state index contributed by atoms with van der Waals surface area (Å²) in [6.07, 6.45) is 7.27. The molecule has 2 aromatic heterocycles. The molecule has 1 saturated heterocycles. The molecule has 2 N–H and O–H groups in total. The molecular weight excluding hydrogens is 458 g/mol. The molecule has 1 spiro atoms. The van der Waals surface area contributed by atoms with Gasteiger partial charge in [0.25, 0.3) is 11.4 Å². The fourth-order valence-corrected chi connectivity index (χ4v) is 6.61. The molecule has 1 aliphatic heterocycles. The summed E-state index contributed by atoms with van der Waals surface area (Å²) in [7, 11) is 3.49. The minimum Gasteiger partial charge on any atom is -0.362 e. The molecule has 0 unspecified atom stereocenters. The topological polar surface area (TPSA) is 86.3 Å². The number of piperidine rings is 1. The molecule has 172 valence electrons. The molecule has 1 aromatic carbocycles. The number of nitrogens with two attached hydrogens (primary N) is 1. The van der Waals surface area contributed by atoms with Gasteiger partial charge in [-0.05, 0) is 43.2 Å². The lowest BCUT2D eigenvalue weighted by atomic mass is 9.74. The van der Waals surface area contributed by atoms with Gasteiger partial charge < -0.3 is 15.5 Å². The average Bonchev–Trinajstić information content (AvgIpc) is 3.33. The molecule has 0 bridgehead atoms. The minimum atomic E-state index is -0.115. The maximum absolute atomic E-state index is 13.2. The summed E-state index contributed by atoms with van der Waals surface area (Å²) in [4.78, 5) is 24.8. The monoisotopic (exact) mass is 483 g/mol. The van der Waals surface area contributed by atoms with Gasteiger partial charge in [-0.1, -0.05) is 36.4 Å². The first-order chi connectivity index (χ1) is 15.8. The fraction of sp³-hybridized carbons (Fsp3) is 0.478. The van der Waals surface area contributed by atoms with E-state index >= 15 is 0 Å². The molecule has 33 heavy (non-hydrogen) atoms. The molecular formula is C23H26ClN7OS. The van der Waals surface area contributed by atoms with E-state index in [0.717, 1.165) is 32.4 Å². The van der Waals surface area contributed by atoms with Crippen LogP contribution < -0.4 is 16.2 Å². The van der Waals surface area contributed by atoms with Crippen molar-refractivity contribution in [3.05, 3.63) is 45.1 Å². The SMILES string of the molecule is [C-]#[N+]c1c2c(Cl)c(Sc3cnc(N4CCC5(CCC[C@H]5N)CC4)n(C)c3=O)ccc2nn1C. The largest absolute Gasteiger partial charge is 0.362 e. The lowest BCUT2D eigenvalue weighted by Gasteiger charge is -2.42. The first kappa shape index (κ1) is 22.3. The predicted octanol–water partition coefficient (Wildman–Crippen LogP) is 4.12. The Morgan fingerprint density at radius 1 is 1.24 bits per heavy atom. The third kappa shape index (κ3) is 3.61. The van der Waals surface area contributed by atoms with Crippen molar-refractivity contribution in [1.82, 2.24) is 19.3 Å². The summed E-state index contributed by atoms with van der Waals surface area (Å²) in [5.74, 6) is 1.07. The van der Waals surface area contributed by atoms with Crippen LogP contribution in [0, 0.1) is 12.0 Å². The number of halogens is 1. The highest BCUT2D eigenvalue weighted by Crippen LogP contribution is 2.46. The van der Waals surface area contributed by atoms with Crippen LogP contribution in [0.4, 0.5) is 11.8 Å². The number of hydrogen-bond acceptors (Lipinski definition) is 6. The lowest BCUT2D eigenvalue weighted by molar-refractivity contribution is 0.196. The van der Waals surface area contributed by atoms with E-state index in [9.17, 15) is 4.79 Å². The molecule has 8 nitrogen and oxygen atoms in total. The molecule has 2 aliphatic rings. The normalized spacial score (nSPS) is 20.0. The summed E-state index contributed by atoms with van der Waals surface area (Å²) in [6.45, 7) is 9.17. The summed E-state index contributed by atoms with van der Waals surface area (Å²) in [5, 5.41) is 5.37. The van der Waals surface area contributed by atoms with Gasteiger partial charge in [0, 0.05) is 36.5 Å². The first-order valence-corrected chi connectivity index (χ1v) is 12.3. The number of aromatic nitrogens is 4. The van der Waals surface area contributed by atoms with Crippen LogP contribution in [-0.4, -0.2) is 38.5 Å². The van der Waals surface area contributed by atoms with Gasteiger partial charge >= 0.3 is 0 Å². The number of rotatable bonds is 3. The Morgan fingerprint density at radius 3 is 2.67 bits per heavy atom. The zero-order valence-corrected chi connectivity index (χ0v) is 20.3. The summed E-state index contributed by atoms with van der Waals surface area (Å²) in [6, 6.07) is 3.95. The van der Waals surface area contributed by atoms with Gasteiger partial charge in [0.05, 0.1) is 23.2 Å². The highest BCUT2D eigenvalue weighted by atomic mass is 35.5. The third-order valence-electron chi connectivity index (χ3n) is 7.33. The zero-order chi connectivity index (χ0) is 23.3. The number of nitrogens with zero attached hydrogens (tertiary/aromatic N) is 6. The molecule has 3 heterocycles. The van der Waals surface area contributed by atoms with Crippen molar-refractivity contribution in [3.8, 4) is 0 Å². The molecule has 3 aromatic rings. The van der Waals surface area contributed by atoms with E-state index in [-0.39, 0.29) is 11.0 Å². The molecule has 0 radical (unpaired) electrons. The standard InChI is InChI=1S/C23H26ClN7OS/c1-26-20-18-14(28-30(20)3)6-7-15(19(18)24)33-16-13-27-22(29(2)21(16)32)31-11-9-23(10-12-31)8-4-5-17(23)25/h6-7,13,17H,4-5,8-12,25H2,2-3H3/t17-/m1/s1. The van der Waals surface area contributed by atoms with Gasteiger partial charge in [0.1, 0.15) is 5.52 Å². The fourth-order valence-electron chi connectivity index (χ4n) is 5.36. The summed E-state index contributed by atoms with van der Waals surface area (Å²) in [5.41, 5.74) is 7.22. The molecule has 10 heteroatoms. The van der Waals surface area contributed by atoms with Crippen molar-refractivity contribution in [2.75, 3.05) is 18.0 Å². The van der Waals surface area contributed by atoms with Crippen LogP contribution in [0.2, 0.25) is 5.02 Å². The van der Waals surface area contributed by atoms with Crippen molar-refractivity contribution >= 4 is 46.0 Å². The zero-order valence-electron chi connectivity index (χ0n) is 18.7. The number of aryl methyl sites for hydroxylation is 1. The van der Waals surface area contributed by atoms with E-state index in [4.69, 9.17) is 23.9 Å². The Balaban J connectivity index is 1.41. The van der Waals surface area contributed by atoms with E-state index in [2.05, 4.69) is 19.8 Å². The Hall–Kier alpha value is -2.54. The van der Waals surface area contributed by atoms with Crippen LogP contribution in [0.25, 0.3) is 15.7 Å². The van der Waals surface area contributed by atoms with Crippen LogP contribution in [-0.2, 0) is 14.1 Å².